The first-order chi connectivity index (χ1) is 10.9. The minimum atomic E-state index is 0. The lowest BCUT2D eigenvalue weighted by molar-refractivity contribution is 0.170. The van der Waals surface area contributed by atoms with Crippen LogP contribution in [0.1, 0.15) is 24.8 Å². The van der Waals surface area contributed by atoms with E-state index in [9.17, 15) is 0 Å². The van der Waals surface area contributed by atoms with Crippen molar-refractivity contribution in [2.75, 3.05) is 32.7 Å². The Morgan fingerprint density at radius 1 is 1.20 bits per heavy atom. The molecule has 0 radical (unpaired) electrons. The summed E-state index contributed by atoms with van der Waals surface area (Å²) in [5.41, 5.74) is 1.34. The van der Waals surface area contributed by atoms with Gasteiger partial charge < -0.3 is 26.2 Å². The van der Waals surface area contributed by atoms with Gasteiger partial charge in [0, 0.05) is 26.2 Å². The number of fused-ring (bicyclic) bond motifs is 1. The van der Waals surface area contributed by atoms with Crippen molar-refractivity contribution in [1.82, 2.24) is 16.0 Å². The Balaban J connectivity index is 0.00000192. The molecule has 0 saturated heterocycles. The summed E-state index contributed by atoms with van der Waals surface area (Å²) >= 11 is 0. The minimum Gasteiger partial charge on any atom is -0.489 e. The zero-order valence-electron chi connectivity index (χ0n) is 14.4. The van der Waals surface area contributed by atoms with Gasteiger partial charge in [-0.1, -0.05) is 18.2 Å². The third-order valence-corrected chi connectivity index (χ3v) is 4.09. The SMILES string of the molecule is Cl.Cl.O.c1ccc2c(c1)CC[C@H](CNCCCNC1=NCCCN1)O2. The van der Waals surface area contributed by atoms with Crippen molar-refractivity contribution >= 4 is 30.8 Å². The Hall–Kier alpha value is -1.21. The third kappa shape index (κ3) is 7.69. The second kappa shape index (κ2) is 13.1. The molecule has 25 heavy (non-hydrogen) atoms. The molecule has 0 spiro atoms. The second-order valence-corrected chi connectivity index (χ2v) is 5.88. The molecule has 2 heterocycles. The molecule has 0 bridgehead atoms. The van der Waals surface area contributed by atoms with Gasteiger partial charge in [-0.3, -0.25) is 4.99 Å². The number of hydrogen-bond donors (Lipinski definition) is 3. The predicted octanol–water partition coefficient (Wildman–Crippen LogP) is 1.32. The normalized spacial score (nSPS) is 17.9. The first-order valence-corrected chi connectivity index (χ1v) is 8.39. The number of guanidine groups is 1. The van der Waals surface area contributed by atoms with Crippen LogP contribution in [0.4, 0.5) is 0 Å². The summed E-state index contributed by atoms with van der Waals surface area (Å²) in [6.45, 7) is 4.85. The number of rotatable bonds is 6. The van der Waals surface area contributed by atoms with E-state index in [-0.39, 0.29) is 30.3 Å². The lowest BCUT2D eigenvalue weighted by atomic mass is 10.0. The largest absolute Gasteiger partial charge is 0.489 e. The fourth-order valence-electron chi connectivity index (χ4n) is 2.86. The summed E-state index contributed by atoms with van der Waals surface area (Å²) in [4.78, 5) is 4.40. The second-order valence-electron chi connectivity index (χ2n) is 5.88. The van der Waals surface area contributed by atoms with E-state index >= 15 is 0 Å². The quantitative estimate of drug-likeness (QED) is 0.636. The van der Waals surface area contributed by atoms with Crippen LogP contribution in [0.2, 0.25) is 0 Å². The molecule has 1 aromatic carbocycles. The first kappa shape index (κ1) is 23.8. The van der Waals surface area contributed by atoms with Crippen LogP contribution >= 0.6 is 24.8 Å². The molecule has 2 aliphatic rings. The number of aliphatic imine (C=N–C) groups is 1. The van der Waals surface area contributed by atoms with Gasteiger partial charge in [-0.15, -0.1) is 24.8 Å². The molecule has 5 N–H and O–H groups in total. The van der Waals surface area contributed by atoms with E-state index in [4.69, 9.17) is 4.74 Å². The maximum atomic E-state index is 6.03. The van der Waals surface area contributed by atoms with E-state index in [0.29, 0.717) is 6.10 Å². The van der Waals surface area contributed by atoms with Crippen molar-refractivity contribution in [3.8, 4) is 5.75 Å². The zero-order valence-corrected chi connectivity index (χ0v) is 16.1. The van der Waals surface area contributed by atoms with E-state index < -0.39 is 0 Å². The topological polar surface area (TPSA) is 89.2 Å². The first-order valence-electron chi connectivity index (χ1n) is 8.39. The Kier molecular flexibility index (Phi) is 12.4. The van der Waals surface area contributed by atoms with E-state index in [2.05, 4.69) is 39.1 Å². The van der Waals surface area contributed by atoms with Gasteiger partial charge in [0.2, 0.25) is 0 Å². The van der Waals surface area contributed by atoms with Crippen LogP contribution in [-0.2, 0) is 6.42 Å². The number of nitrogens with zero attached hydrogens (tertiary/aromatic N) is 1. The van der Waals surface area contributed by atoms with Crippen LogP contribution < -0.4 is 20.7 Å². The molecule has 0 aromatic heterocycles. The number of nitrogens with one attached hydrogen (secondary N) is 3. The molecule has 0 saturated carbocycles. The number of ether oxygens (including phenoxy) is 1. The monoisotopic (exact) mass is 392 g/mol. The van der Waals surface area contributed by atoms with Crippen LogP contribution in [0.5, 0.6) is 5.75 Å². The van der Waals surface area contributed by atoms with Crippen molar-refractivity contribution in [3.05, 3.63) is 29.8 Å². The van der Waals surface area contributed by atoms with Crippen LogP contribution in [0, 0.1) is 0 Å². The van der Waals surface area contributed by atoms with Crippen molar-refractivity contribution in [1.29, 1.82) is 0 Å². The molecule has 1 atom stereocenters. The van der Waals surface area contributed by atoms with Crippen molar-refractivity contribution in [3.63, 3.8) is 0 Å². The Morgan fingerprint density at radius 2 is 2.04 bits per heavy atom. The molecule has 2 aliphatic heterocycles. The molecule has 144 valence electrons. The fraction of sp³-hybridized carbons (Fsp3) is 0.588. The summed E-state index contributed by atoms with van der Waals surface area (Å²) < 4.78 is 6.03. The molecule has 0 amide bonds. The maximum absolute atomic E-state index is 6.03. The van der Waals surface area contributed by atoms with Crippen LogP contribution in [0.25, 0.3) is 0 Å². The highest BCUT2D eigenvalue weighted by Crippen LogP contribution is 2.26. The lowest BCUT2D eigenvalue weighted by Gasteiger charge is -2.26. The van der Waals surface area contributed by atoms with Crippen molar-refractivity contribution in [2.24, 2.45) is 4.99 Å². The van der Waals surface area contributed by atoms with E-state index in [1.165, 1.54) is 5.56 Å². The molecule has 0 unspecified atom stereocenters. The average molecular weight is 393 g/mol. The lowest BCUT2D eigenvalue weighted by Crippen LogP contribution is -2.42. The Bertz CT molecular complexity index is 517. The molecule has 0 fully saturated rings. The summed E-state index contributed by atoms with van der Waals surface area (Å²) in [5.74, 6) is 2.02. The standard InChI is InChI=1S/C17H26N4O.2ClH.H2O/c1-2-6-16-14(5-1)7-8-15(22-16)13-18-9-3-10-19-17-20-11-4-12-21-17;;;/h1-2,5-6,15,18H,3-4,7-13H2,(H2,19,20,21);2*1H;1H2/t15-;;;/m1.../s1. The number of halogens is 2. The van der Waals surface area contributed by atoms with Gasteiger partial charge in [0.1, 0.15) is 11.9 Å². The van der Waals surface area contributed by atoms with Gasteiger partial charge in [-0.05, 0) is 43.9 Å². The number of benzene rings is 1. The maximum Gasteiger partial charge on any atom is 0.191 e. The predicted molar refractivity (Wildman–Crippen MR) is 108 cm³/mol. The van der Waals surface area contributed by atoms with Gasteiger partial charge >= 0.3 is 0 Å². The highest BCUT2D eigenvalue weighted by Gasteiger charge is 2.18. The number of hydrogen-bond acceptors (Lipinski definition) is 5. The summed E-state index contributed by atoms with van der Waals surface area (Å²) in [6.07, 6.45) is 4.74. The highest BCUT2D eigenvalue weighted by atomic mass is 35.5. The van der Waals surface area contributed by atoms with Crippen LogP contribution in [-0.4, -0.2) is 50.3 Å². The summed E-state index contributed by atoms with van der Waals surface area (Å²) in [7, 11) is 0. The summed E-state index contributed by atoms with van der Waals surface area (Å²) in [6, 6.07) is 8.36. The van der Waals surface area contributed by atoms with Crippen LogP contribution in [0.15, 0.2) is 29.3 Å². The van der Waals surface area contributed by atoms with Gasteiger partial charge in [-0.2, -0.15) is 0 Å². The Morgan fingerprint density at radius 3 is 2.84 bits per heavy atom. The van der Waals surface area contributed by atoms with Gasteiger partial charge in [0.05, 0.1) is 0 Å². The minimum absolute atomic E-state index is 0. The third-order valence-electron chi connectivity index (χ3n) is 4.09. The molecule has 6 nitrogen and oxygen atoms in total. The zero-order chi connectivity index (χ0) is 15.0. The molecule has 1 aromatic rings. The van der Waals surface area contributed by atoms with Crippen molar-refractivity contribution < 1.29 is 10.2 Å². The van der Waals surface area contributed by atoms with Gasteiger partial charge in [0.15, 0.2) is 5.96 Å². The average Bonchev–Trinajstić information content (AvgIpc) is 2.59. The molecular weight excluding hydrogens is 363 g/mol. The number of para-hydroxylation sites is 1. The van der Waals surface area contributed by atoms with Gasteiger partial charge in [-0.25, -0.2) is 0 Å². The number of aryl methyl sites for hydroxylation is 1. The molecule has 0 aliphatic carbocycles. The van der Waals surface area contributed by atoms with Gasteiger partial charge in [0.25, 0.3) is 0 Å². The summed E-state index contributed by atoms with van der Waals surface area (Å²) in [5, 5.41) is 10.1. The Labute approximate surface area is 162 Å². The van der Waals surface area contributed by atoms with E-state index in [1.807, 2.05) is 6.07 Å². The highest BCUT2D eigenvalue weighted by molar-refractivity contribution is 5.85. The molecular formula is C17H30Cl2N4O2. The smallest absolute Gasteiger partial charge is 0.191 e. The fourth-order valence-corrected chi connectivity index (χ4v) is 2.86. The van der Waals surface area contributed by atoms with Crippen molar-refractivity contribution in [2.45, 2.75) is 31.8 Å². The van der Waals surface area contributed by atoms with E-state index in [1.54, 1.807) is 0 Å². The van der Waals surface area contributed by atoms with E-state index in [0.717, 1.165) is 70.1 Å². The molecule has 3 rings (SSSR count). The van der Waals surface area contributed by atoms with Crippen LogP contribution in [0.3, 0.4) is 0 Å². The molecule has 8 heteroatoms.